The lowest BCUT2D eigenvalue weighted by molar-refractivity contribution is -0.167. The minimum absolute atomic E-state index is 0.0916. The van der Waals surface area contributed by atoms with Crippen LogP contribution in [0.5, 0.6) is 0 Å². The molecule has 0 heterocycles. The Bertz CT molecular complexity index is 1280. The van der Waals surface area contributed by atoms with Gasteiger partial charge in [0, 0.05) is 19.3 Å². The minimum Gasteiger partial charge on any atom is -0.462 e. The third-order valence-corrected chi connectivity index (χ3v) is 10.7. The van der Waals surface area contributed by atoms with Crippen LogP contribution in [0.2, 0.25) is 0 Å². The van der Waals surface area contributed by atoms with Crippen LogP contribution in [-0.2, 0) is 28.6 Å². The molecule has 0 bridgehead atoms. The molecule has 0 aliphatic heterocycles. The van der Waals surface area contributed by atoms with E-state index in [0.29, 0.717) is 19.3 Å². The van der Waals surface area contributed by atoms with Crippen LogP contribution >= 0.6 is 0 Å². The summed E-state index contributed by atoms with van der Waals surface area (Å²) in [5, 5.41) is 0. The van der Waals surface area contributed by atoms with Crippen molar-refractivity contribution in [3.05, 3.63) is 97.2 Å². The summed E-state index contributed by atoms with van der Waals surface area (Å²) in [6, 6.07) is 0. The molecule has 63 heavy (non-hydrogen) atoms. The lowest BCUT2D eigenvalue weighted by Gasteiger charge is -2.18. The van der Waals surface area contributed by atoms with Crippen molar-refractivity contribution < 1.29 is 28.6 Å². The van der Waals surface area contributed by atoms with Crippen molar-refractivity contribution >= 4 is 17.9 Å². The maximum Gasteiger partial charge on any atom is 0.306 e. The van der Waals surface area contributed by atoms with E-state index < -0.39 is 6.10 Å². The number of allylic oxidation sites excluding steroid dienone is 16. The third-order valence-electron chi connectivity index (χ3n) is 10.7. The Labute approximate surface area is 387 Å². The fourth-order valence-electron chi connectivity index (χ4n) is 6.85. The Morgan fingerprint density at radius 2 is 0.698 bits per heavy atom. The van der Waals surface area contributed by atoms with E-state index in [0.717, 1.165) is 122 Å². The lowest BCUT2D eigenvalue weighted by Crippen LogP contribution is -2.30. The van der Waals surface area contributed by atoms with Gasteiger partial charge in [0.2, 0.25) is 0 Å². The molecule has 1 atom stereocenters. The van der Waals surface area contributed by atoms with E-state index in [9.17, 15) is 14.4 Å². The standard InChI is InChI=1S/C57H94O6/c1-4-7-10-13-16-19-22-24-26-27-28-29-31-32-35-38-41-44-47-50-56(59)62-53-54(52-61-55(58)49-46-43-40-37-34-21-18-15-12-9-6-3)63-57(60)51-48-45-42-39-36-33-30-25-23-20-17-14-11-8-5-2/h7-8,10-11,14,16-17,19-20,23-26,28-30,54H,4-6,9,12-13,15,18,21-22,27,31-53H2,1-3H3/b10-7-,11-8-,17-14-,19-16-,23-20-,26-24-,29-28-,30-25-. The number of esters is 3. The number of carbonyl (C=O) groups is 3. The normalized spacial score (nSPS) is 12.9. The molecule has 358 valence electrons. The first-order valence-corrected chi connectivity index (χ1v) is 25.8. The summed E-state index contributed by atoms with van der Waals surface area (Å²) >= 11 is 0. The fourth-order valence-corrected chi connectivity index (χ4v) is 6.85. The Balaban J connectivity index is 4.43. The summed E-state index contributed by atoms with van der Waals surface area (Å²) < 4.78 is 16.8. The van der Waals surface area contributed by atoms with Crippen LogP contribution in [0.4, 0.5) is 0 Å². The molecule has 0 fully saturated rings. The summed E-state index contributed by atoms with van der Waals surface area (Å²) in [6.07, 6.45) is 66.7. The molecule has 6 heteroatoms. The number of rotatable bonds is 45. The van der Waals surface area contributed by atoms with E-state index in [2.05, 4.69) is 99.8 Å². The Kier molecular flexibility index (Phi) is 48.0. The molecular formula is C57H94O6. The average Bonchev–Trinajstić information content (AvgIpc) is 3.28. The first kappa shape index (κ1) is 59.3. The molecule has 0 rings (SSSR count). The van der Waals surface area contributed by atoms with Crippen LogP contribution < -0.4 is 0 Å². The van der Waals surface area contributed by atoms with E-state index in [-0.39, 0.29) is 31.1 Å². The second-order valence-electron chi connectivity index (χ2n) is 16.8. The summed E-state index contributed by atoms with van der Waals surface area (Å²) in [6.45, 7) is 6.34. The zero-order valence-corrected chi connectivity index (χ0v) is 40.8. The highest BCUT2D eigenvalue weighted by molar-refractivity contribution is 5.71. The maximum absolute atomic E-state index is 12.8. The van der Waals surface area contributed by atoms with Gasteiger partial charge in [-0.25, -0.2) is 0 Å². The summed E-state index contributed by atoms with van der Waals surface area (Å²) in [5.74, 6) is -0.932. The van der Waals surface area contributed by atoms with Gasteiger partial charge in [0.1, 0.15) is 13.2 Å². The topological polar surface area (TPSA) is 78.9 Å². The molecule has 0 radical (unpaired) electrons. The molecule has 0 aromatic rings. The maximum atomic E-state index is 12.8. The molecule has 0 spiro atoms. The highest BCUT2D eigenvalue weighted by atomic mass is 16.6. The van der Waals surface area contributed by atoms with Crippen molar-refractivity contribution in [3.8, 4) is 0 Å². The lowest BCUT2D eigenvalue weighted by atomic mass is 10.1. The molecule has 0 aliphatic carbocycles. The quantitative estimate of drug-likeness (QED) is 0.0199. The van der Waals surface area contributed by atoms with Gasteiger partial charge >= 0.3 is 17.9 Å². The molecular weight excluding hydrogens is 781 g/mol. The van der Waals surface area contributed by atoms with Crippen LogP contribution in [0.1, 0.15) is 226 Å². The van der Waals surface area contributed by atoms with E-state index in [4.69, 9.17) is 14.2 Å². The molecule has 0 aromatic carbocycles. The third kappa shape index (κ3) is 49.2. The summed E-state index contributed by atoms with van der Waals surface area (Å²) in [4.78, 5) is 38.0. The van der Waals surface area contributed by atoms with Crippen molar-refractivity contribution in [1.29, 1.82) is 0 Å². The average molecular weight is 875 g/mol. The van der Waals surface area contributed by atoms with E-state index >= 15 is 0 Å². The van der Waals surface area contributed by atoms with Gasteiger partial charge in [-0.05, 0) is 77.0 Å². The fraction of sp³-hybridized carbons (Fsp3) is 0.667. The Hall–Kier alpha value is -3.67. The van der Waals surface area contributed by atoms with Crippen LogP contribution in [-0.4, -0.2) is 37.2 Å². The summed E-state index contributed by atoms with van der Waals surface area (Å²) in [5.41, 5.74) is 0. The van der Waals surface area contributed by atoms with E-state index in [1.165, 1.54) is 64.2 Å². The second-order valence-corrected chi connectivity index (χ2v) is 16.8. The van der Waals surface area contributed by atoms with E-state index in [1.807, 2.05) is 18.2 Å². The van der Waals surface area contributed by atoms with Gasteiger partial charge in [-0.1, -0.05) is 227 Å². The monoisotopic (exact) mass is 875 g/mol. The SMILES string of the molecule is CC\C=C/C=C\C=C/C=C\CCCCCCCC(=O)OC(COC(=O)CCCCCCCC/C=C\C/C=C\C/C=C\C/C=C\CC)COC(=O)CCCCCCCCCCCCC. The highest BCUT2D eigenvalue weighted by Crippen LogP contribution is 2.14. The largest absolute Gasteiger partial charge is 0.462 e. The van der Waals surface area contributed by atoms with E-state index in [1.54, 1.807) is 0 Å². The number of unbranched alkanes of at least 4 members (excludes halogenated alkanes) is 21. The van der Waals surface area contributed by atoms with Gasteiger partial charge in [0.05, 0.1) is 0 Å². The molecule has 0 N–H and O–H groups in total. The van der Waals surface area contributed by atoms with Gasteiger partial charge in [-0.3, -0.25) is 14.4 Å². The zero-order valence-electron chi connectivity index (χ0n) is 40.8. The van der Waals surface area contributed by atoms with Crippen molar-refractivity contribution in [3.63, 3.8) is 0 Å². The molecule has 0 saturated heterocycles. The van der Waals surface area contributed by atoms with Crippen molar-refractivity contribution in [2.24, 2.45) is 0 Å². The number of carbonyl (C=O) groups excluding carboxylic acids is 3. The predicted octanol–water partition coefficient (Wildman–Crippen LogP) is 17.0. The smallest absolute Gasteiger partial charge is 0.306 e. The number of ether oxygens (including phenoxy) is 3. The first-order chi connectivity index (χ1) is 31.0. The molecule has 0 aromatic heterocycles. The summed E-state index contributed by atoms with van der Waals surface area (Å²) in [7, 11) is 0. The van der Waals surface area contributed by atoms with Gasteiger partial charge in [-0.2, -0.15) is 0 Å². The highest BCUT2D eigenvalue weighted by Gasteiger charge is 2.19. The van der Waals surface area contributed by atoms with Crippen LogP contribution in [0.15, 0.2) is 97.2 Å². The second kappa shape index (κ2) is 51.0. The van der Waals surface area contributed by atoms with Gasteiger partial charge < -0.3 is 14.2 Å². The van der Waals surface area contributed by atoms with Crippen molar-refractivity contribution in [2.75, 3.05) is 13.2 Å². The van der Waals surface area contributed by atoms with Crippen LogP contribution in [0, 0.1) is 0 Å². The first-order valence-electron chi connectivity index (χ1n) is 25.8. The van der Waals surface area contributed by atoms with Gasteiger partial charge in [0.15, 0.2) is 6.10 Å². The molecule has 6 nitrogen and oxygen atoms in total. The molecule has 0 saturated carbocycles. The van der Waals surface area contributed by atoms with Crippen molar-refractivity contribution in [2.45, 2.75) is 232 Å². The Morgan fingerprint density at radius 3 is 1.16 bits per heavy atom. The van der Waals surface area contributed by atoms with Gasteiger partial charge in [-0.15, -0.1) is 0 Å². The molecule has 0 amide bonds. The molecule has 0 aliphatic rings. The predicted molar refractivity (Wildman–Crippen MR) is 270 cm³/mol. The van der Waals surface area contributed by atoms with Crippen LogP contribution in [0.3, 0.4) is 0 Å². The van der Waals surface area contributed by atoms with Gasteiger partial charge in [0.25, 0.3) is 0 Å². The Morgan fingerprint density at radius 1 is 0.349 bits per heavy atom. The number of hydrogen-bond donors (Lipinski definition) is 0. The zero-order chi connectivity index (χ0) is 45.8. The minimum atomic E-state index is -0.794. The number of hydrogen-bond acceptors (Lipinski definition) is 6. The van der Waals surface area contributed by atoms with Crippen molar-refractivity contribution in [1.82, 2.24) is 0 Å². The van der Waals surface area contributed by atoms with Crippen LogP contribution in [0.25, 0.3) is 0 Å². The molecule has 1 unspecified atom stereocenters.